The first-order chi connectivity index (χ1) is 12.6. The molecule has 1 unspecified atom stereocenters. The Kier molecular flexibility index (Phi) is 6.54. The Labute approximate surface area is 156 Å². The Balaban J connectivity index is 1.43. The minimum atomic E-state index is -0.483. The number of rotatable bonds is 4. The lowest BCUT2D eigenvalue weighted by atomic mass is 9.88. The number of nitrogens with zero attached hydrogens (tertiary/aromatic N) is 2. The Morgan fingerprint density at radius 2 is 1.27 bits per heavy atom. The van der Waals surface area contributed by atoms with E-state index in [4.69, 9.17) is 0 Å². The summed E-state index contributed by atoms with van der Waals surface area (Å²) >= 11 is 0. The van der Waals surface area contributed by atoms with Crippen LogP contribution in [0.15, 0.2) is 0 Å². The minimum absolute atomic E-state index is 0.0227. The van der Waals surface area contributed by atoms with E-state index >= 15 is 0 Å². The molecule has 3 fully saturated rings. The molecule has 6 nitrogen and oxygen atoms in total. The van der Waals surface area contributed by atoms with E-state index in [2.05, 4.69) is 5.32 Å². The van der Waals surface area contributed by atoms with Crippen LogP contribution in [0, 0.1) is 11.8 Å². The zero-order chi connectivity index (χ0) is 18.5. The number of hydrogen-bond donors (Lipinski definition) is 1. The summed E-state index contributed by atoms with van der Waals surface area (Å²) in [6.45, 7) is 4.14. The fourth-order valence-electron chi connectivity index (χ4n) is 4.61. The molecule has 2 saturated carbocycles. The number of carbonyl (C=O) groups is 3. The highest BCUT2D eigenvalue weighted by molar-refractivity contribution is 5.88. The lowest BCUT2D eigenvalue weighted by Gasteiger charge is -2.38. The Morgan fingerprint density at radius 1 is 0.769 bits per heavy atom. The van der Waals surface area contributed by atoms with Gasteiger partial charge in [0.1, 0.15) is 6.04 Å². The summed E-state index contributed by atoms with van der Waals surface area (Å²) in [5.41, 5.74) is 0. The predicted molar refractivity (Wildman–Crippen MR) is 99.3 cm³/mol. The second-order valence-corrected chi connectivity index (χ2v) is 8.20. The third-order valence-corrected chi connectivity index (χ3v) is 6.31. The van der Waals surface area contributed by atoms with Gasteiger partial charge in [0.15, 0.2) is 0 Å². The van der Waals surface area contributed by atoms with Crippen molar-refractivity contribution in [1.82, 2.24) is 15.1 Å². The van der Waals surface area contributed by atoms with Gasteiger partial charge in [0.2, 0.25) is 17.7 Å². The highest BCUT2D eigenvalue weighted by Gasteiger charge is 2.32. The molecule has 1 saturated heterocycles. The van der Waals surface area contributed by atoms with Crippen molar-refractivity contribution in [3.05, 3.63) is 0 Å². The standard InChI is InChI=1S/C20H33N3O3/c1-15(21-18(24)16-7-5-6-8-16)19(25)22-11-13-23(14-12-22)20(26)17-9-3-2-4-10-17/h15-17H,2-14H2,1H3,(H,21,24). The van der Waals surface area contributed by atoms with Gasteiger partial charge in [-0.2, -0.15) is 0 Å². The summed E-state index contributed by atoms with van der Waals surface area (Å²) in [7, 11) is 0. The molecule has 3 rings (SSSR count). The van der Waals surface area contributed by atoms with Crippen LogP contribution in [0.3, 0.4) is 0 Å². The second-order valence-electron chi connectivity index (χ2n) is 8.20. The van der Waals surface area contributed by atoms with Gasteiger partial charge >= 0.3 is 0 Å². The SMILES string of the molecule is CC(NC(=O)C1CCCC1)C(=O)N1CCN(C(=O)C2CCCCC2)CC1. The molecular formula is C20H33N3O3. The first kappa shape index (κ1) is 19.2. The largest absolute Gasteiger partial charge is 0.344 e. The van der Waals surface area contributed by atoms with E-state index in [9.17, 15) is 14.4 Å². The molecule has 0 radical (unpaired) electrons. The van der Waals surface area contributed by atoms with Crippen LogP contribution in [-0.4, -0.2) is 59.7 Å². The van der Waals surface area contributed by atoms with Crippen molar-refractivity contribution in [3.63, 3.8) is 0 Å². The molecule has 1 N–H and O–H groups in total. The Hall–Kier alpha value is -1.59. The van der Waals surface area contributed by atoms with E-state index < -0.39 is 6.04 Å². The van der Waals surface area contributed by atoms with E-state index in [0.29, 0.717) is 26.2 Å². The van der Waals surface area contributed by atoms with Crippen molar-refractivity contribution in [3.8, 4) is 0 Å². The van der Waals surface area contributed by atoms with E-state index in [1.165, 1.54) is 6.42 Å². The normalized spacial score (nSPS) is 23.7. The van der Waals surface area contributed by atoms with Crippen LogP contribution in [0.1, 0.15) is 64.7 Å². The minimum Gasteiger partial charge on any atom is -0.344 e. The summed E-state index contributed by atoms with van der Waals surface area (Å²) in [6.07, 6.45) is 9.69. The summed E-state index contributed by atoms with van der Waals surface area (Å²) < 4.78 is 0. The van der Waals surface area contributed by atoms with Crippen LogP contribution in [0.2, 0.25) is 0 Å². The number of amides is 3. The van der Waals surface area contributed by atoms with Crippen molar-refractivity contribution in [1.29, 1.82) is 0 Å². The van der Waals surface area contributed by atoms with Gasteiger partial charge in [-0.25, -0.2) is 0 Å². The lowest BCUT2D eigenvalue weighted by molar-refractivity contribution is -0.144. The van der Waals surface area contributed by atoms with Gasteiger partial charge in [-0.1, -0.05) is 32.1 Å². The van der Waals surface area contributed by atoms with E-state index in [1.54, 1.807) is 11.8 Å². The van der Waals surface area contributed by atoms with E-state index in [1.807, 2.05) is 4.90 Å². The van der Waals surface area contributed by atoms with Crippen LogP contribution in [0.4, 0.5) is 0 Å². The van der Waals surface area contributed by atoms with Crippen LogP contribution in [-0.2, 0) is 14.4 Å². The average molecular weight is 364 g/mol. The van der Waals surface area contributed by atoms with Gasteiger partial charge in [0.05, 0.1) is 0 Å². The maximum Gasteiger partial charge on any atom is 0.244 e. The van der Waals surface area contributed by atoms with Gasteiger partial charge in [-0.15, -0.1) is 0 Å². The van der Waals surface area contributed by atoms with Gasteiger partial charge in [-0.3, -0.25) is 14.4 Å². The zero-order valence-electron chi connectivity index (χ0n) is 16.0. The number of piperazine rings is 1. The zero-order valence-corrected chi connectivity index (χ0v) is 16.0. The van der Waals surface area contributed by atoms with Gasteiger partial charge < -0.3 is 15.1 Å². The topological polar surface area (TPSA) is 69.7 Å². The molecule has 0 spiro atoms. The van der Waals surface area contributed by atoms with Crippen molar-refractivity contribution in [2.75, 3.05) is 26.2 Å². The van der Waals surface area contributed by atoms with Gasteiger partial charge in [0.25, 0.3) is 0 Å². The number of carbonyl (C=O) groups excluding carboxylic acids is 3. The molecule has 0 bridgehead atoms. The maximum atomic E-state index is 12.6. The van der Waals surface area contributed by atoms with Crippen LogP contribution in [0.5, 0.6) is 0 Å². The summed E-state index contributed by atoms with van der Waals surface area (Å²) in [6, 6.07) is -0.483. The van der Waals surface area contributed by atoms with Crippen molar-refractivity contribution >= 4 is 17.7 Å². The second kappa shape index (κ2) is 8.87. The highest BCUT2D eigenvalue weighted by Crippen LogP contribution is 2.26. The van der Waals surface area contributed by atoms with Crippen molar-refractivity contribution in [2.24, 2.45) is 11.8 Å². The fourth-order valence-corrected chi connectivity index (χ4v) is 4.61. The number of hydrogen-bond acceptors (Lipinski definition) is 3. The molecule has 3 amide bonds. The summed E-state index contributed by atoms with van der Waals surface area (Å²) in [5, 5.41) is 2.89. The molecule has 26 heavy (non-hydrogen) atoms. The summed E-state index contributed by atoms with van der Waals surface area (Å²) in [5.74, 6) is 0.542. The molecule has 0 aromatic carbocycles. The van der Waals surface area contributed by atoms with E-state index in [0.717, 1.165) is 51.4 Å². The first-order valence-electron chi connectivity index (χ1n) is 10.4. The highest BCUT2D eigenvalue weighted by atomic mass is 16.2. The van der Waals surface area contributed by atoms with Crippen molar-refractivity contribution < 1.29 is 14.4 Å². The molecule has 1 aliphatic heterocycles. The third-order valence-electron chi connectivity index (χ3n) is 6.31. The molecule has 6 heteroatoms. The molecule has 0 aromatic rings. The molecule has 3 aliphatic rings. The van der Waals surface area contributed by atoms with Crippen molar-refractivity contribution in [2.45, 2.75) is 70.8 Å². The lowest BCUT2D eigenvalue weighted by Crippen LogP contribution is -2.56. The molecular weight excluding hydrogens is 330 g/mol. The third kappa shape index (κ3) is 4.57. The van der Waals surface area contributed by atoms with E-state index in [-0.39, 0.29) is 29.6 Å². The molecule has 2 aliphatic carbocycles. The number of nitrogens with one attached hydrogen (secondary N) is 1. The van der Waals surface area contributed by atoms with Gasteiger partial charge in [0, 0.05) is 38.0 Å². The quantitative estimate of drug-likeness (QED) is 0.830. The fraction of sp³-hybridized carbons (Fsp3) is 0.850. The van der Waals surface area contributed by atoms with Crippen LogP contribution >= 0.6 is 0 Å². The Bertz CT molecular complexity index is 516. The first-order valence-corrected chi connectivity index (χ1v) is 10.4. The molecule has 1 heterocycles. The van der Waals surface area contributed by atoms with Crippen LogP contribution in [0.25, 0.3) is 0 Å². The maximum absolute atomic E-state index is 12.6. The predicted octanol–water partition coefficient (Wildman–Crippen LogP) is 1.93. The smallest absolute Gasteiger partial charge is 0.244 e. The monoisotopic (exact) mass is 363 g/mol. The molecule has 1 atom stereocenters. The Morgan fingerprint density at radius 3 is 1.88 bits per heavy atom. The van der Waals surface area contributed by atoms with Crippen LogP contribution < -0.4 is 5.32 Å². The summed E-state index contributed by atoms with van der Waals surface area (Å²) in [4.78, 5) is 41.2. The average Bonchev–Trinajstić information content (AvgIpc) is 3.22. The molecule has 146 valence electrons. The van der Waals surface area contributed by atoms with Gasteiger partial charge in [-0.05, 0) is 32.6 Å². The molecule has 0 aromatic heterocycles.